The molecule has 0 spiro atoms. The molecule has 1 unspecified atom stereocenters. The molecule has 82 valence electrons. The Kier molecular flexibility index (Phi) is 2.79. The molecule has 1 heterocycles. The fourth-order valence-corrected chi connectivity index (χ4v) is 1.85. The molecule has 1 aromatic carbocycles. The SMILES string of the molecule is COc1ccc2c(c1OC)C(O)COC2. The van der Waals surface area contributed by atoms with Crippen LogP contribution in [0.1, 0.15) is 17.2 Å². The van der Waals surface area contributed by atoms with Gasteiger partial charge in [-0.1, -0.05) is 6.07 Å². The van der Waals surface area contributed by atoms with Crippen molar-refractivity contribution < 1.29 is 19.3 Å². The molecule has 0 radical (unpaired) electrons. The van der Waals surface area contributed by atoms with Gasteiger partial charge in [0.2, 0.25) is 0 Å². The molecule has 1 aliphatic rings. The lowest BCUT2D eigenvalue weighted by atomic mass is 9.99. The highest BCUT2D eigenvalue weighted by Crippen LogP contribution is 2.39. The Morgan fingerprint density at radius 1 is 1.33 bits per heavy atom. The van der Waals surface area contributed by atoms with Gasteiger partial charge in [0.25, 0.3) is 0 Å². The Morgan fingerprint density at radius 3 is 2.80 bits per heavy atom. The van der Waals surface area contributed by atoms with E-state index in [4.69, 9.17) is 14.2 Å². The molecular weight excluding hydrogens is 196 g/mol. The Bertz CT molecular complexity index is 362. The Balaban J connectivity index is 2.56. The molecule has 0 aromatic heterocycles. The van der Waals surface area contributed by atoms with Crippen LogP contribution in [0.2, 0.25) is 0 Å². The summed E-state index contributed by atoms with van der Waals surface area (Å²) in [5.74, 6) is 1.24. The van der Waals surface area contributed by atoms with Crippen LogP contribution in [-0.4, -0.2) is 25.9 Å². The number of benzene rings is 1. The van der Waals surface area contributed by atoms with Crippen LogP contribution in [0.5, 0.6) is 11.5 Å². The van der Waals surface area contributed by atoms with Gasteiger partial charge < -0.3 is 19.3 Å². The molecule has 15 heavy (non-hydrogen) atoms. The molecule has 0 saturated heterocycles. The normalized spacial score (nSPS) is 19.5. The zero-order valence-corrected chi connectivity index (χ0v) is 8.82. The van der Waals surface area contributed by atoms with Gasteiger partial charge in [-0.15, -0.1) is 0 Å². The second kappa shape index (κ2) is 4.08. The first-order valence-corrected chi connectivity index (χ1v) is 4.77. The van der Waals surface area contributed by atoms with Gasteiger partial charge >= 0.3 is 0 Å². The maximum atomic E-state index is 9.83. The first-order valence-electron chi connectivity index (χ1n) is 4.77. The van der Waals surface area contributed by atoms with Gasteiger partial charge in [0.15, 0.2) is 11.5 Å². The fourth-order valence-electron chi connectivity index (χ4n) is 1.85. The third-order valence-electron chi connectivity index (χ3n) is 2.54. The van der Waals surface area contributed by atoms with Crippen LogP contribution in [0.3, 0.4) is 0 Å². The molecule has 0 aliphatic carbocycles. The average molecular weight is 210 g/mol. The van der Waals surface area contributed by atoms with E-state index in [1.807, 2.05) is 12.1 Å². The lowest BCUT2D eigenvalue weighted by Gasteiger charge is -2.24. The van der Waals surface area contributed by atoms with Crippen molar-refractivity contribution in [2.24, 2.45) is 0 Å². The van der Waals surface area contributed by atoms with Crippen LogP contribution in [0.4, 0.5) is 0 Å². The standard InChI is InChI=1S/C11H14O4/c1-13-9-4-3-7-5-15-6-8(12)10(7)11(9)14-2/h3-4,8,12H,5-6H2,1-2H3. The van der Waals surface area contributed by atoms with Crippen LogP contribution in [-0.2, 0) is 11.3 Å². The van der Waals surface area contributed by atoms with Crippen LogP contribution in [0.25, 0.3) is 0 Å². The molecule has 1 N–H and O–H groups in total. The number of hydrogen-bond donors (Lipinski definition) is 1. The van der Waals surface area contributed by atoms with E-state index < -0.39 is 6.10 Å². The summed E-state index contributed by atoms with van der Waals surface area (Å²) in [7, 11) is 3.15. The zero-order valence-electron chi connectivity index (χ0n) is 8.82. The summed E-state index contributed by atoms with van der Waals surface area (Å²) in [5, 5.41) is 9.83. The van der Waals surface area contributed by atoms with E-state index in [0.29, 0.717) is 24.7 Å². The van der Waals surface area contributed by atoms with Gasteiger partial charge in [-0.3, -0.25) is 0 Å². The van der Waals surface area contributed by atoms with E-state index >= 15 is 0 Å². The van der Waals surface area contributed by atoms with Gasteiger partial charge in [0.05, 0.1) is 27.4 Å². The van der Waals surface area contributed by atoms with Crippen molar-refractivity contribution in [3.63, 3.8) is 0 Å². The number of ether oxygens (including phenoxy) is 3. The molecule has 0 amide bonds. The van der Waals surface area contributed by atoms with E-state index in [-0.39, 0.29) is 0 Å². The third-order valence-corrected chi connectivity index (χ3v) is 2.54. The summed E-state index contributed by atoms with van der Waals surface area (Å²) in [6.07, 6.45) is -0.640. The fraction of sp³-hybridized carbons (Fsp3) is 0.455. The lowest BCUT2D eigenvalue weighted by Crippen LogP contribution is -2.17. The minimum atomic E-state index is -0.640. The van der Waals surface area contributed by atoms with E-state index in [9.17, 15) is 5.11 Å². The summed E-state index contributed by atoms with van der Waals surface area (Å²) < 4.78 is 15.7. The minimum absolute atomic E-state index is 0.302. The van der Waals surface area contributed by atoms with E-state index in [0.717, 1.165) is 11.1 Å². The first-order chi connectivity index (χ1) is 7.27. The summed E-state index contributed by atoms with van der Waals surface area (Å²) in [5.41, 5.74) is 1.73. The number of aliphatic hydroxyl groups is 1. The molecule has 0 bridgehead atoms. The van der Waals surface area contributed by atoms with Crippen LogP contribution in [0, 0.1) is 0 Å². The molecule has 1 atom stereocenters. The van der Waals surface area contributed by atoms with Gasteiger partial charge in [-0.25, -0.2) is 0 Å². The molecule has 0 fully saturated rings. The molecule has 0 saturated carbocycles. The van der Waals surface area contributed by atoms with Crippen molar-refractivity contribution in [1.29, 1.82) is 0 Å². The predicted octanol–water partition coefficient (Wildman–Crippen LogP) is 1.27. The van der Waals surface area contributed by atoms with E-state index in [2.05, 4.69) is 0 Å². The van der Waals surface area contributed by atoms with Crippen LogP contribution in [0.15, 0.2) is 12.1 Å². The van der Waals surface area contributed by atoms with Gasteiger partial charge in [0.1, 0.15) is 6.10 Å². The second-order valence-electron chi connectivity index (χ2n) is 3.40. The minimum Gasteiger partial charge on any atom is -0.493 e. The monoisotopic (exact) mass is 210 g/mol. The highest BCUT2D eigenvalue weighted by molar-refractivity contribution is 5.52. The summed E-state index contributed by atoms with van der Waals surface area (Å²) in [6.45, 7) is 0.809. The van der Waals surface area contributed by atoms with Crippen molar-refractivity contribution in [3.8, 4) is 11.5 Å². The van der Waals surface area contributed by atoms with Crippen molar-refractivity contribution in [1.82, 2.24) is 0 Å². The van der Waals surface area contributed by atoms with Crippen LogP contribution < -0.4 is 9.47 Å². The molecule has 1 aromatic rings. The van der Waals surface area contributed by atoms with Crippen molar-refractivity contribution in [3.05, 3.63) is 23.3 Å². The average Bonchev–Trinajstić information content (AvgIpc) is 2.28. The Labute approximate surface area is 88.4 Å². The van der Waals surface area contributed by atoms with Gasteiger partial charge in [-0.2, -0.15) is 0 Å². The van der Waals surface area contributed by atoms with Crippen molar-refractivity contribution in [2.75, 3.05) is 20.8 Å². The van der Waals surface area contributed by atoms with Crippen molar-refractivity contribution >= 4 is 0 Å². The van der Waals surface area contributed by atoms with Crippen molar-refractivity contribution in [2.45, 2.75) is 12.7 Å². The number of hydrogen-bond acceptors (Lipinski definition) is 4. The largest absolute Gasteiger partial charge is 0.493 e. The maximum Gasteiger partial charge on any atom is 0.166 e. The Hall–Kier alpha value is -1.26. The van der Waals surface area contributed by atoms with Crippen LogP contribution >= 0.6 is 0 Å². The lowest BCUT2D eigenvalue weighted by molar-refractivity contribution is 0.00810. The Morgan fingerprint density at radius 2 is 2.13 bits per heavy atom. The number of fused-ring (bicyclic) bond motifs is 1. The van der Waals surface area contributed by atoms with E-state index in [1.54, 1.807) is 14.2 Å². The third kappa shape index (κ3) is 1.66. The van der Waals surface area contributed by atoms with Gasteiger partial charge in [-0.05, 0) is 11.6 Å². The van der Waals surface area contributed by atoms with Gasteiger partial charge in [0, 0.05) is 5.56 Å². The summed E-state index contributed by atoms with van der Waals surface area (Å²) >= 11 is 0. The second-order valence-corrected chi connectivity index (χ2v) is 3.40. The summed E-state index contributed by atoms with van der Waals surface area (Å²) in [6, 6.07) is 3.71. The maximum absolute atomic E-state index is 9.83. The molecule has 4 heteroatoms. The molecule has 4 nitrogen and oxygen atoms in total. The number of rotatable bonds is 2. The smallest absolute Gasteiger partial charge is 0.166 e. The molecule has 1 aliphatic heterocycles. The quantitative estimate of drug-likeness (QED) is 0.798. The molecular formula is C11H14O4. The first kappa shape index (κ1) is 10.3. The predicted molar refractivity (Wildman–Crippen MR) is 54.2 cm³/mol. The number of aliphatic hydroxyl groups excluding tert-OH is 1. The number of methoxy groups -OCH3 is 2. The van der Waals surface area contributed by atoms with E-state index in [1.165, 1.54) is 0 Å². The zero-order chi connectivity index (χ0) is 10.8. The highest BCUT2D eigenvalue weighted by atomic mass is 16.5. The highest BCUT2D eigenvalue weighted by Gasteiger charge is 2.25. The topological polar surface area (TPSA) is 47.9 Å². The molecule has 2 rings (SSSR count). The summed E-state index contributed by atoms with van der Waals surface area (Å²) in [4.78, 5) is 0.